The first-order valence-electron chi connectivity index (χ1n) is 10.5. The van der Waals surface area contributed by atoms with Crippen molar-refractivity contribution in [3.05, 3.63) is 0 Å². The summed E-state index contributed by atoms with van der Waals surface area (Å²) in [5.74, 6) is 0.784. The van der Waals surface area contributed by atoms with Gasteiger partial charge in [0.15, 0.2) is 5.96 Å². The number of alkyl halides is 3. The van der Waals surface area contributed by atoms with Crippen LogP contribution in [-0.4, -0.2) is 80.9 Å². The van der Waals surface area contributed by atoms with E-state index in [9.17, 15) is 21.6 Å². The molecule has 0 aliphatic carbocycles. The highest BCUT2D eigenvalue weighted by Crippen LogP contribution is 2.30. The Bertz CT molecular complexity index is 640. The lowest BCUT2D eigenvalue weighted by Gasteiger charge is -2.35. The maximum atomic E-state index is 12.7. The molecule has 12 heteroatoms. The Morgan fingerprint density at radius 1 is 1.07 bits per heavy atom. The van der Waals surface area contributed by atoms with Crippen LogP contribution in [0.15, 0.2) is 4.99 Å². The molecule has 0 bridgehead atoms. The van der Waals surface area contributed by atoms with E-state index in [-0.39, 0.29) is 43.0 Å². The molecular formula is C18H35F3IN5O2S. The summed E-state index contributed by atoms with van der Waals surface area (Å²) < 4.78 is 61.6. The Hall–Kier alpha value is -0.340. The first kappa shape index (κ1) is 27.7. The quantitative estimate of drug-likeness (QED) is 0.280. The molecule has 0 aromatic rings. The van der Waals surface area contributed by atoms with E-state index in [4.69, 9.17) is 0 Å². The van der Waals surface area contributed by atoms with Crippen LogP contribution >= 0.6 is 24.0 Å². The van der Waals surface area contributed by atoms with Crippen LogP contribution in [-0.2, 0) is 10.0 Å². The number of hydrogen-bond acceptors (Lipinski definition) is 4. The third-order valence-electron chi connectivity index (χ3n) is 5.72. The molecule has 0 radical (unpaired) electrons. The molecule has 0 saturated carbocycles. The van der Waals surface area contributed by atoms with Gasteiger partial charge >= 0.3 is 15.5 Å². The monoisotopic (exact) mass is 569 g/mol. The smallest absolute Gasteiger partial charge is 0.357 e. The number of rotatable bonds is 7. The third-order valence-corrected chi connectivity index (χ3v) is 7.35. The van der Waals surface area contributed by atoms with Gasteiger partial charge < -0.3 is 10.6 Å². The molecule has 2 fully saturated rings. The Morgan fingerprint density at radius 2 is 1.73 bits per heavy atom. The number of nitrogens with one attached hydrogen (secondary N) is 2. The van der Waals surface area contributed by atoms with Crippen molar-refractivity contribution in [2.24, 2.45) is 10.9 Å². The highest BCUT2D eigenvalue weighted by molar-refractivity contribution is 14.0. The first-order chi connectivity index (χ1) is 13.7. The van der Waals surface area contributed by atoms with E-state index < -0.39 is 15.5 Å². The van der Waals surface area contributed by atoms with Crippen LogP contribution in [0.4, 0.5) is 13.2 Å². The van der Waals surface area contributed by atoms with E-state index >= 15 is 0 Å². The largest absolute Gasteiger partial charge is 0.511 e. The molecule has 0 aromatic carbocycles. The van der Waals surface area contributed by atoms with Gasteiger partial charge in [0.25, 0.3) is 0 Å². The zero-order valence-corrected chi connectivity index (χ0v) is 20.9. The molecule has 7 nitrogen and oxygen atoms in total. The molecule has 0 amide bonds. The number of aliphatic imine (C=N–C) groups is 1. The summed E-state index contributed by atoms with van der Waals surface area (Å²) in [5.41, 5.74) is -5.23. The van der Waals surface area contributed by atoms with Crippen molar-refractivity contribution in [2.75, 3.05) is 45.8 Å². The van der Waals surface area contributed by atoms with Crippen molar-refractivity contribution in [1.29, 1.82) is 0 Å². The molecule has 2 saturated heterocycles. The lowest BCUT2D eigenvalue weighted by atomic mass is 9.98. The number of sulfonamides is 1. The fourth-order valence-electron chi connectivity index (χ4n) is 3.96. The number of nitrogens with zero attached hydrogens (tertiary/aromatic N) is 3. The zero-order chi connectivity index (χ0) is 21.5. The van der Waals surface area contributed by atoms with Gasteiger partial charge in [-0.15, -0.1) is 24.0 Å². The minimum Gasteiger partial charge on any atom is -0.357 e. The second-order valence-electron chi connectivity index (χ2n) is 7.67. The standard InChI is InChI=1S/C18H34F3N5O2S.HI/c1-3-22-17(24-14-16-7-5-6-10-25(16)4-2)23-13-15-8-11-26(12-9-15)29(27,28)18(19,20)21;/h15-16H,3-14H2,1-2H3,(H2,22,23,24);1H. The topological polar surface area (TPSA) is 77.0 Å². The van der Waals surface area contributed by atoms with Gasteiger partial charge in [-0.3, -0.25) is 9.89 Å². The van der Waals surface area contributed by atoms with Crippen molar-refractivity contribution >= 4 is 40.0 Å². The number of likely N-dealkylation sites (N-methyl/N-ethyl adjacent to an activating group) is 1. The molecule has 178 valence electrons. The summed E-state index contributed by atoms with van der Waals surface area (Å²) in [4.78, 5) is 7.06. The van der Waals surface area contributed by atoms with E-state index in [2.05, 4.69) is 27.4 Å². The maximum Gasteiger partial charge on any atom is 0.511 e. The van der Waals surface area contributed by atoms with Gasteiger partial charge in [0.2, 0.25) is 0 Å². The molecule has 1 unspecified atom stereocenters. The van der Waals surface area contributed by atoms with Gasteiger partial charge in [0.05, 0.1) is 0 Å². The predicted octanol–water partition coefficient (Wildman–Crippen LogP) is 2.60. The Morgan fingerprint density at radius 3 is 2.30 bits per heavy atom. The minimum atomic E-state index is -5.23. The average molecular weight is 569 g/mol. The molecule has 2 aliphatic rings. The number of guanidine groups is 1. The molecule has 2 heterocycles. The van der Waals surface area contributed by atoms with Crippen LogP contribution in [0.1, 0.15) is 46.0 Å². The van der Waals surface area contributed by atoms with Crippen LogP contribution in [0.2, 0.25) is 0 Å². The third kappa shape index (κ3) is 7.66. The van der Waals surface area contributed by atoms with Crippen LogP contribution in [0.3, 0.4) is 0 Å². The van der Waals surface area contributed by atoms with Crippen LogP contribution in [0.5, 0.6) is 0 Å². The molecular weight excluding hydrogens is 534 g/mol. The van der Waals surface area contributed by atoms with Crippen molar-refractivity contribution in [3.8, 4) is 0 Å². The van der Waals surface area contributed by atoms with Crippen LogP contribution < -0.4 is 10.6 Å². The normalized spacial score (nSPS) is 23.1. The summed E-state index contributed by atoms with van der Waals surface area (Å²) in [5, 5.41) is 6.60. The fourth-order valence-corrected chi connectivity index (χ4v) is 4.95. The van der Waals surface area contributed by atoms with Crippen molar-refractivity contribution in [1.82, 2.24) is 19.8 Å². The molecule has 1 atom stereocenters. The lowest BCUT2D eigenvalue weighted by molar-refractivity contribution is -0.0496. The van der Waals surface area contributed by atoms with Gasteiger partial charge in [-0.2, -0.15) is 17.5 Å². The van der Waals surface area contributed by atoms with Gasteiger partial charge in [-0.25, -0.2) is 8.42 Å². The molecule has 2 aliphatic heterocycles. The lowest BCUT2D eigenvalue weighted by Crippen LogP contribution is -2.49. The summed E-state index contributed by atoms with van der Waals surface area (Å²) in [6, 6.07) is 0.480. The van der Waals surface area contributed by atoms with Gasteiger partial charge in [0, 0.05) is 38.8 Å². The number of hydrogen-bond donors (Lipinski definition) is 2. The second-order valence-corrected chi connectivity index (χ2v) is 9.60. The van der Waals surface area contributed by atoms with Crippen LogP contribution in [0, 0.1) is 5.92 Å². The molecule has 0 spiro atoms. The first-order valence-corrected chi connectivity index (χ1v) is 12.0. The minimum absolute atomic E-state index is 0. The molecule has 0 aromatic heterocycles. The van der Waals surface area contributed by atoms with E-state index in [1.165, 1.54) is 12.8 Å². The number of halogens is 4. The number of likely N-dealkylation sites (tertiary alicyclic amines) is 1. The SMILES string of the molecule is CCNC(=NCC1CCN(S(=O)(=O)C(F)(F)F)CC1)NCC1CCCCN1CC.I. The van der Waals surface area contributed by atoms with Crippen molar-refractivity contribution < 1.29 is 21.6 Å². The average Bonchev–Trinajstić information content (AvgIpc) is 2.69. The fraction of sp³-hybridized carbons (Fsp3) is 0.944. The van der Waals surface area contributed by atoms with Gasteiger partial charge in [0.1, 0.15) is 0 Å². The zero-order valence-electron chi connectivity index (χ0n) is 17.7. The van der Waals surface area contributed by atoms with Crippen LogP contribution in [0.25, 0.3) is 0 Å². The maximum absolute atomic E-state index is 12.7. The Labute approximate surface area is 195 Å². The highest BCUT2D eigenvalue weighted by Gasteiger charge is 2.50. The summed E-state index contributed by atoms with van der Waals surface area (Å²) in [7, 11) is -5.22. The van der Waals surface area contributed by atoms with Crippen molar-refractivity contribution in [2.45, 2.75) is 57.5 Å². The summed E-state index contributed by atoms with van der Waals surface area (Å²) >= 11 is 0. The number of piperidine rings is 2. The summed E-state index contributed by atoms with van der Waals surface area (Å²) in [6.45, 7) is 8.07. The van der Waals surface area contributed by atoms with E-state index in [0.717, 1.165) is 32.6 Å². The van der Waals surface area contributed by atoms with Crippen molar-refractivity contribution in [3.63, 3.8) is 0 Å². The Balaban J connectivity index is 0.00000450. The van der Waals surface area contributed by atoms with Gasteiger partial charge in [-0.05, 0) is 51.6 Å². The molecule has 2 N–H and O–H groups in total. The summed E-state index contributed by atoms with van der Waals surface area (Å²) in [6.07, 6.45) is 4.39. The van der Waals surface area contributed by atoms with E-state index in [1.54, 1.807) is 0 Å². The van der Waals surface area contributed by atoms with Gasteiger partial charge in [-0.1, -0.05) is 13.3 Å². The highest BCUT2D eigenvalue weighted by atomic mass is 127. The predicted molar refractivity (Wildman–Crippen MR) is 124 cm³/mol. The van der Waals surface area contributed by atoms with E-state index in [0.29, 0.717) is 35.7 Å². The molecule has 2 rings (SSSR count). The second kappa shape index (κ2) is 12.6. The van der Waals surface area contributed by atoms with E-state index in [1.807, 2.05) is 6.92 Å². The molecule has 30 heavy (non-hydrogen) atoms. The Kier molecular flexibility index (Phi) is 11.7.